The van der Waals surface area contributed by atoms with Gasteiger partial charge in [0, 0.05) is 11.1 Å². The van der Waals surface area contributed by atoms with Crippen LogP contribution in [-0.2, 0) is 10.0 Å². The van der Waals surface area contributed by atoms with Crippen LogP contribution in [-0.4, -0.2) is 24.3 Å². The zero-order valence-electron chi connectivity index (χ0n) is 11.3. The number of nitrogens with one attached hydrogen (secondary N) is 2. The Kier molecular flexibility index (Phi) is 3.69. The van der Waals surface area contributed by atoms with Gasteiger partial charge in [-0.3, -0.25) is 9.52 Å². The van der Waals surface area contributed by atoms with E-state index in [0.29, 0.717) is 5.82 Å². The van der Waals surface area contributed by atoms with Gasteiger partial charge in [0.1, 0.15) is 11.6 Å². The van der Waals surface area contributed by atoms with Crippen LogP contribution >= 0.6 is 0 Å². The number of hydrogen-bond acceptors (Lipinski definition) is 4. The van der Waals surface area contributed by atoms with Crippen molar-refractivity contribution in [3.8, 4) is 0 Å². The van der Waals surface area contributed by atoms with Gasteiger partial charge in [0.25, 0.3) is 10.0 Å². The molecule has 112 valence electrons. The van der Waals surface area contributed by atoms with E-state index in [1.165, 1.54) is 13.0 Å². The van der Waals surface area contributed by atoms with Crippen molar-refractivity contribution in [2.75, 3.05) is 4.72 Å². The molecule has 0 fully saturated rings. The van der Waals surface area contributed by atoms with E-state index in [1.807, 2.05) is 0 Å². The number of sulfonamides is 1. The number of aromatic nitrogens is 2. The first-order valence-corrected chi connectivity index (χ1v) is 7.33. The van der Waals surface area contributed by atoms with Crippen molar-refractivity contribution in [1.29, 1.82) is 0 Å². The van der Waals surface area contributed by atoms with Crippen LogP contribution in [0.25, 0.3) is 0 Å². The number of aryl methyl sites for hydroxylation is 1. The van der Waals surface area contributed by atoms with Gasteiger partial charge in [0.2, 0.25) is 5.91 Å². The van der Waals surface area contributed by atoms with Crippen LogP contribution in [0.3, 0.4) is 0 Å². The van der Waals surface area contributed by atoms with E-state index >= 15 is 0 Å². The first kappa shape index (κ1) is 15.0. The molecule has 7 nitrogen and oxygen atoms in total. The lowest BCUT2D eigenvalue weighted by Crippen LogP contribution is -2.17. The molecule has 0 aliphatic rings. The molecule has 2 aromatic rings. The third-order valence-electron chi connectivity index (χ3n) is 2.84. The molecule has 0 unspecified atom stereocenters. The van der Waals surface area contributed by atoms with Gasteiger partial charge in [-0.2, -0.15) is 8.42 Å². The smallest absolute Gasteiger partial charge is 0.278 e. The Balaban J connectivity index is 2.46. The maximum atomic E-state index is 13.7. The highest BCUT2D eigenvalue weighted by Gasteiger charge is 2.20. The number of benzene rings is 1. The van der Waals surface area contributed by atoms with Crippen LogP contribution in [0.5, 0.6) is 0 Å². The van der Waals surface area contributed by atoms with E-state index in [2.05, 4.69) is 14.7 Å². The van der Waals surface area contributed by atoms with E-state index < -0.39 is 21.7 Å². The standard InChI is InChI=1S/C12H13FN4O3S/c1-6-9(13)3-8(12(14)18)4-10(6)17-21(19,20)11-5-15-7(2)16-11/h3-5,17H,1-2H3,(H2,14,18)(H,15,16). The minimum atomic E-state index is -3.96. The number of halogens is 1. The highest BCUT2D eigenvalue weighted by Crippen LogP contribution is 2.23. The van der Waals surface area contributed by atoms with Crippen molar-refractivity contribution in [1.82, 2.24) is 9.97 Å². The fraction of sp³-hybridized carbons (Fsp3) is 0.167. The molecule has 0 aliphatic carbocycles. The molecular weight excluding hydrogens is 299 g/mol. The maximum Gasteiger partial charge on any atom is 0.278 e. The second-order valence-corrected chi connectivity index (χ2v) is 6.08. The molecule has 0 aliphatic heterocycles. The quantitative estimate of drug-likeness (QED) is 0.782. The van der Waals surface area contributed by atoms with Gasteiger partial charge in [0.15, 0.2) is 5.03 Å². The molecule has 0 saturated heterocycles. The van der Waals surface area contributed by atoms with E-state index in [4.69, 9.17) is 5.73 Å². The molecule has 21 heavy (non-hydrogen) atoms. The third kappa shape index (κ3) is 3.02. The summed E-state index contributed by atoms with van der Waals surface area (Å²) in [5.41, 5.74) is 4.95. The second kappa shape index (κ2) is 5.17. The fourth-order valence-corrected chi connectivity index (χ4v) is 2.75. The van der Waals surface area contributed by atoms with E-state index in [1.54, 1.807) is 6.92 Å². The summed E-state index contributed by atoms with van der Waals surface area (Å²) in [6.45, 7) is 2.98. The molecule has 0 atom stereocenters. The van der Waals surface area contributed by atoms with Gasteiger partial charge in [-0.15, -0.1) is 0 Å². The SMILES string of the molecule is Cc1ncc(S(=O)(=O)Nc2cc(C(N)=O)cc(F)c2C)[nH]1. The summed E-state index contributed by atoms with van der Waals surface area (Å²) in [5.74, 6) is -1.17. The fourth-order valence-electron chi connectivity index (χ4n) is 1.66. The number of carbonyl (C=O) groups excluding carboxylic acids is 1. The second-order valence-electron chi connectivity index (χ2n) is 4.43. The molecule has 9 heteroatoms. The largest absolute Gasteiger partial charge is 0.366 e. The zero-order chi connectivity index (χ0) is 15.8. The summed E-state index contributed by atoms with van der Waals surface area (Å²) in [6.07, 6.45) is 1.14. The number of amides is 1. The van der Waals surface area contributed by atoms with E-state index in [9.17, 15) is 17.6 Å². The van der Waals surface area contributed by atoms with Crippen molar-refractivity contribution in [2.45, 2.75) is 18.9 Å². The van der Waals surface area contributed by atoms with Gasteiger partial charge in [-0.05, 0) is 26.0 Å². The normalized spacial score (nSPS) is 11.4. The van der Waals surface area contributed by atoms with Crippen LogP contribution in [0.4, 0.5) is 10.1 Å². The summed E-state index contributed by atoms with van der Waals surface area (Å²) < 4.78 is 40.2. The first-order chi connectivity index (χ1) is 9.70. The van der Waals surface area contributed by atoms with Gasteiger partial charge < -0.3 is 10.7 Å². The molecule has 4 N–H and O–H groups in total. The summed E-state index contributed by atoms with van der Waals surface area (Å²) >= 11 is 0. The molecule has 1 aromatic carbocycles. The third-order valence-corrected chi connectivity index (χ3v) is 4.12. The van der Waals surface area contributed by atoms with Crippen molar-refractivity contribution >= 4 is 21.6 Å². The lowest BCUT2D eigenvalue weighted by atomic mass is 10.1. The number of anilines is 1. The summed E-state index contributed by atoms with van der Waals surface area (Å²) in [4.78, 5) is 17.5. The van der Waals surface area contributed by atoms with Gasteiger partial charge in [-0.25, -0.2) is 9.37 Å². The highest BCUT2D eigenvalue weighted by atomic mass is 32.2. The number of primary amides is 1. The molecular formula is C12H13FN4O3S. The maximum absolute atomic E-state index is 13.7. The zero-order valence-corrected chi connectivity index (χ0v) is 12.1. The van der Waals surface area contributed by atoms with Crippen LogP contribution < -0.4 is 10.5 Å². The Morgan fingerprint density at radius 1 is 1.38 bits per heavy atom. The lowest BCUT2D eigenvalue weighted by Gasteiger charge is -2.11. The minimum absolute atomic E-state index is 0.0554. The molecule has 0 bridgehead atoms. The first-order valence-electron chi connectivity index (χ1n) is 5.85. The Morgan fingerprint density at radius 2 is 2.05 bits per heavy atom. The van der Waals surface area contributed by atoms with Crippen molar-refractivity contribution in [2.24, 2.45) is 5.73 Å². The molecule has 1 aromatic heterocycles. The summed E-state index contributed by atoms with van der Waals surface area (Å²) in [5, 5.41) is -0.163. The molecule has 1 heterocycles. The monoisotopic (exact) mass is 312 g/mol. The molecule has 0 saturated carbocycles. The van der Waals surface area contributed by atoms with Gasteiger partial charge in [-0.1, -0.05) is 0 Å². The summed E-state index contributed by atoms with van der Waals surface area (Å²) in [6, 6.07) is 2.14. The topological polar surface area (TPSA) is 118 Å². The molecule has 1 amide bonds. The Bertz CT molecular complexity index is 814. The minimum Gasteiger partial charge on any atom is -0.366 e. The Labute approximate surface area is 120 Å². The predicted molar refractivity (Wildman–Crippen MR) is 73.8 cm³/mol. The average molecular weight is 312 g/mol. The number of aromatic amines is 1. The number of rotatable bonds is 4. The van der Waals surface area contributed by atoms with Crippen LogP contribution in [0.15, 0.2) is 23.4 Å². The van der Waals surface area contributed by atoms with Crippen LogP contribution in [0.1, 0.15) is 21.7 Å². The average Bonchev–Trinajstić information content (AvgIpc) is 2.81. The van der Waals surface area contributed by atoms with Crippen molar-refractivity contribution in [3.63, 3.8) is 0 Å². The molecule has 0 spiro atoms. The molecule has 2 rings (SSSR count). The van der Waals surface area contributed by atoms with Crippen LogP contribution in [0.2, 0.25) is 0 Å². The Morgan fingerprint density at radius 3 is 2.57 bits per heavy atom. The van der Waals surface area contributed by atoms with Gasteiger partial charge in [0.05, 0.1) is 11.9 Å². The van der Waals surface area contributed by atoms with E-state index in [0.717, 1.165) is 12.3 Å². The lowest BCUT2D eigenvalue weighted by molar-refractivity contribution is 0.1000. The number of carbonyl (C=O) groups is 1. The van der Waals surface area contributed by atoms with Gasteiger partial charge >= 0.3 is 0 Å². The number of nitrogens with zero attached hydrogens (tertiary/aromatic N) is 1. The predicted octanol–water partition coefficient (Wildman–Crippen LogP) is 1.07. The number of hydrogen-bond donors (Lipinski definition) is 3. The Hall–Kier alpha value is -2.42. The number of nitrogens with two attached hydrogens (primary N) is 1. The van der Waals surface area contributed by atoms with Crippen molar-refractivity contribution < 1.29 is 17.6 Å². The van der Waals surface area contributed by atoms with E-state index in [-0.39, 0.29) is 21.8 Å². The highest BCUT2D eigenvalue weighted by molar-refractivity contribution is 7.92. The van der Waals surface area contributed by atoms with Crippen LogP contribution in [0, 0.1) is 19.7 Å². The molecule has 0 radical (unpaired) electrons. The van der Waals surface area contributed by atoms with Crippen molar-refractivity contribution in [3.05, 3.63) is 41.1 Å². The number of imidazole rings is 1. The summed E-state index contributed by atoms with van der Waals surface area (Å²) in [7, 11) is -3.96. The number of H-pyrrole nitrogens is 1.